The van der Waals surface area contributed by atoms with Gasteiger partial charge in [0.2, 0.25) is 0 Å². The topological polar surface area (TPSA) is 80.5 Å². The van der Waals surface area contributed by atoms with Crippen molar-refractivity contribution in [2.75, 3.05) is 6.67 Å². The Kier molecular flexibility index (Phi) is 1.96. The van der Waals surface area contributed by atoms with Crippen molar-refractivity contribution in [2.24, 2.45) is 0 Å². The van der Waals surface area contributed by atoms with Crippen LogP contribution < -0.4 is 0 Å². The van der Waals surface area contributed by atoms with Crippen molar-refractivity contribution >= 4 is 11.8 Å². The van der Waals surface area contributed by atoms with Crippen molar-refractivity contribution in [3.05, 3.63) is 45.5 Å². The molecule has 1 aromatic rings. The van der Waals surface area contributed by atoms with Gasteiger partial charge >= 0.3 is 0 Å². The van der Waals surface area contributed by atoms with Gasteiger partial charge in [-0.3, -0.25) is 19.7 Å². The lowest BCUT2D eigenvalue weighted by molar-refractivity contribution is -0.495. The van der Waals surface area contributed by atoms with Gasteiger partial charge in [-0.05, 0) is 12.1 Å². The predicted molar refractivity (Wildman–Crippen MR) is 48.8 cm³/mol. The van der Waals surface area contributed by atoms with E-state index in [-0.39, 0.29) is 11.1 Å². The zero-order valence-electron chi connectivity index (χ0n) is 7.54. The molecule has 0 atom stereocenters. The number of nitro groups is 1. The number of carbonyl (C=O) groups excluding carboxylic acids is 2. The third-order valence-electron chi connectivity index (χ3n) is 2.14. The SMILES string of the molecule is O=C1c2ccccc2C(=O)N1C[N+](=O)[O-]. The van der Waals surface area contributed by atoms with E-state index >= 15 is 0 Å². The fraction of sp³-hybridized carbons (Fsp3) is 0.111. The van der Waals surface area contributed by atoms with E-state index in [1.165, 1.54) is 12.1 Å². The van der Waals surface area contributed by atoms with E-state index in [0.29, 0.717) is 4.90 Å². The maximum Gasteiger partial charge on any atom is 0.286 e. The van der Waals surface area contributed by atoms with E-state index in [0.717, 1.165) is 0 Å². The molecule has 15 heavy (non-hydrogen) atoms. The van der Waals surface area contributed by atoms with Gasteiger partial charge in [0.1, 0.15) is 0 Å². The first-order valence-electron chi connectivity index (χ1n) is 4.18. The molecule has 1 heterocycles. The van der Waals surface area contributed by atoms with Crippen LogP contribution in [0.25, 0.3) is 0 Å². The summed E-state index contributed by atoms with van der Waals surface area (Å²) in [5.74, 6) is -1.21. The van der Waals surface area contributed by atoms with Gasteiger partial charge in [0, 0.05) is 4.92 Å². The van der Waals surface area contributed by atoms with Crippen LogP contribution >= 0.6 is 0 Å². The highest BCUT2D eigenvalue weighted by Gasteiger charge is 2.37. The van der Waals surface area contributed by atoms with Crippen molar-refractivity contribution in [3.8, 4) is 0 Å². The van der Waals surface area contributed by atoms with Gasteiger partial charge in [-0.2, -0.15) is 0 Å². The molecule has 76 valence electrons. The zero-order valence-corrected chi connectivity index (χ0v) is 7.54. The van der Waals surface area contributed by atoms with Gasteiger partial charge in [-0.25, -0.2) is 4.90 Å². The van der Waals surface area contributed by atoms with Crippen molar-refractivity contribution in [2.45, 2.75) is 0 Å². The highest BCUT2D eigenvalue weighted by molar-refractivity contribution is 6.21. The third-order valence-corrected chi connectivity index (χ3v) is 2.14. The zero-order chi connectivity index (χ0) is 11.0. The molecule has 6 heteroatoms. The number of carbonyl (C=O) groups is 2. The Morgan fingerprint density at radius 3 is 2.00 bits per heavy atom. The Labute approximate surface area is 84.3 Å². The molecule has 0 radical (unpaired) electrons. The maximum atomic E-state index is 11.5. The first-order valence-corrected chi connectivity index (χ1v) is 4.18. The standard InChI is InChI=1S/C9H6N2O4/c12-8-6-3-1-2-4-7(6)9(13)10(8)5-11(14)15/h1-4H,5H2. The van der Waals surface area contributed by atoms with Gasteiger partial charge in [0.15, 0.2) is 0 Å². The summed E-state index contributed by atoms with van der Waals surface area (Å²) in [4.78, 5) is 33.3. The summed E-state index contributed by atoms with van der Waals surface area (Å²) in [5.41, 5.74) is 0.453. The molecule has 0 aromatic heterocycles. The Morgan fingerprint density at radius 2 is 1.60 bits per heavy atom. The molecular weight excluding hydrogens is 200 g/mol. The van der Waals surface area contributed by atoms with Crippen LogP contribution in [0.5, 0.6) is 0 Å². The van der Waals surface area contributed by atoms with E-state index in [9.17, 15) is 19.7 Å². The van der Waals surface area contributed by atoms with Crippen LogP contribution in [0.3, 0.4) is 0 Å². The van der Waals surface area contributed by atoms with E-state index in [2.05, 4.69) is 0 Å². The summed E-state index contributed by atoms with van der Waals surface area (Å²) < 4.78 is 0. The molecular formula is C9H6N2O4. The fourth-order valence-corrected chi connectivity index (χ4v) is 1.48. The highest BCUT2D eigenvalue weighted by Crippen LogP contribution is 2.21. The molecule has 0 unspecified atom stereocenters. The van der Waals surface area contributed by atoms with Crippen molar-refractivity contribution in [1.82, 2.24) is 4.90 Å². The molecule has 0 saturated carbocycles. The third kappa shape index (κ3) is 1.35. The number of fused-ring (bicyclic) bond motifs is 1. The maximum absolute atomic E-state index is 11.5. The number of imide groups is 1. The van der Waals surface area contributed by atoms with Crippen molar-refractivity contribution in [3.63, 3.8) is 0 Å². The number of amides is 2. The van der Waals surface area contributed by atoms with Gasteiger partial charge in [0.05, 0.1) is 11.1 Å². The summed E-state index contributed by atoms with van der Waals surface area (Å²) >= 11 is 0. The summed E-state index contributed by atoms with van der Waals surface area (Å²) in [6.45, 7) is -0.785. The van der Waals surface area contributed by atoms with E-state index in [1.807, 2.05) is 0 Å². The minimum atomic E-state index is -0.785. The number of rotatable bonds is 2. The van der Waals surface area contributed by atoms with Gasteiger partial charge in [-0.15, -0.1) is 0 Å². The number of hydrogen-bond donors (Lipinski definition) is 0. The molecule has 1 aliphatic heterocycles. The molecule has 0 saturated heterocycles. The van der Waals surface area contributed by atoms with Crippen LogP contribution in [0.1, 0.15) is 20.7 Å². The molecule has 2 rings (SSSR count). The normalized spacial score (nSPS) is 14.3. The Morgan fingerprint density at radius 1 is 1.13 bits per heavy atom. The highest BCUT2D eigenvalue weighted by atomic mass is 16.6. The first kappa shape index (κ1) is 9.32. The molecule has 6 nitrogen and oxygen atoms in total. The van der Waals surface area contributed by atoms with Gasteiger partial charge < -0.3 is 0 Å². The average Bonchev–Trinajstić information content (AvgIpc) is 2.44. The molecule has 0 aliphatic carbocycles. The Bertz CT molecular complexity index is 434. The van der Waals surface area contributed by atoms with E-state index < -0.39 is 23.4 Å². The largest absolute Gasteiger partial charge is 0.286 e. The monoisotopic (exact) mass is 206 g/mol. The van der Waals surface area contributed by atoms with E-state index in [1.54, 1.807) is 12.1 Å². The molecule has 1 aromatic carbocycles. The van der Waals surface area contributed by atoms with Crippen LogP contribution in [0, 0.1) is 10.1 Å². The van der Waals surface area contributed by atoms with Crippen LogP contribution in [0.2, 0.25) is 0 Å². The van der Waals surface area contributed by atoms with Gasteiger partial charge in [0.25, 0.3) is 18.5 Å². The Balaban J connectivity index is 2.41. The number of benzene rings is 1. The minimum absolute atomic E-state index is 0.226. The van der Waals surface area contributed by atoms with Crippen molar-refractivity contribution in [1.29, 1.82) is 0 Å². The number of nitrogens with zero attached hydrogens (tertiary/aromatic N) is 2. The second-order valence-corrected chi connectivity index (χ2v) is 3.06. The summed E-state index contributed by atoms with van der Waals surface area (Å²) in [6, 6.07) is 6.18. The van der Waals surface area contributed by atoms with Crippen LogP contribution in [-0.2, 0) is 0 Å². The second-order valence-electron chi connectivity index (χ2n) is 3.06. The van der Waals surface area contributed by atoms with Crippen molar-refractivity contribution < 1.29 is 14.5 Å². The fourth-order valence-electron chi connectivity index (χ4n) is 1.48. The van der Waals surface area contributed by atoms with Gasteiger partial charge in [-0.1, -0.05) is 12.1 Å². The molecule has 0 bridgehead atoms. The predicted octanol–water partition coefficient (Wildman–Crippen LogP) is 0.517. The lowest BCUT2D eigenvalue weighted by Crippen LogP contribution is -2.34. The second kappa shape index (κ2) is 3.16. The minimum Gasteiger partial charge on any atom is -0.268 e. The van der Waals surface area contributed by atoms with Crippen LogP contribution in [0.4, 0.5) is 0 Å². The molecule has 0 spiro atoms. The molecule has 0 N–H and O–H groups in total. The summed E-state index contributed by atoms with van der Waals surface area (Å²) in [7, 11) is 0. The molecule has 2 amide bonds. The van der Waals surface area contributed by atoms with E-state index in [4.69, 9.17) is 0 Å². The Hall–Kier alpha value is -2.24. The van der Waals surface area contributed by atoms with Crippen LogP contribution in [0.15, 0.2) is 24.3 Å². The molecule has 1 aliphatic rings. The molecule has 0 fully saturated rings. The summed E-state index contributed by atoms with van der Waals surface area (Å²) in [5, 5.41) is 10.3. The lowest BCUT2D eigenvalue weighted by atomic mass is 10.1. The average molecular weight is 206 g/mol. The van der Waals surface area contributed by atoms with Crippen LogP contribution in [-0.4, -0.2) is 28.3 Å². The lowest BCUT2D eigenvalue weighted by Gasteiger charge is -2.06. The smallest absolute Gasteiger partial charge is 0.268 e. The quantitative estimate of drug-likeness (QED) is 0.401. The number of hydrogen-bond acceptors (Lipinski definition) is 4. The summed E-state index contributed by atoms with van der Waals surface area (Å²) in [6.07, 6.45) is 0. The first-order chi connectivity index (χ1) is 7.11.